The third-order valence-corrected chi connectivity index (χ3v) is 5.77. The van der Waals surface area contributed by atoms with Crippen molar-refractivity contribution in [3.05, 3.63) is 87.9 Å². The standard InChI is InChI=1S/C29H23Cl2NO4/c1-3-9-20(10-4-2)19-35-29(34)22-12-7-13-23(17-22)36-27(33)18-21-11-5-6-16-26(21)32-28-24(30)14-8-15-25(28)31/h1-2,5-8,11-17,20,32H,9-10,18-19H2. The Kier molecular flexibility index (Phi) is 9.83. The molecule has 182 valence electrons. The second-order valence-electron chi connectivity index (χ2n) is 7.84. The van der Waals surface area contributed by atoms with Crippen LogP contribution in [-0.2, 0) is 16.0 Å². The molecule has 3 aromatic carbocycles. The van der Waals surface area contributed by atoms with Crippen molar-refractivity contribution < 1.29 is 19.1 Å². The summed E-state index contributed by atoms with van der Waals surface area (Å²) < 4.78 is 10.8. The molecule has 0 amide bonds. The molecule has 0 aromatic heterocycles. The van der Waals surface area contributed by atoms with Crippen LogP contribution in [0.1, 0.15) is 28.8 Å². The van der Waals surface area contributed by atoms with Crippen molar-refractivity contribution in [3.63, 3.8) is 0 Å². The molecule has 7 heteroatoms. The van der Waals surface area contributed by atoms with Crippen molar-refractivity contribution in [2.75, 3.05) is 11.9 Å². The lowest BCUT2D eigenvalue weighted by Crippen LogP contribution is -2.15. The number of esters is 2. The number of hydrogen-bond donors (Lipinski definition) is 1. The molecule has 0 saturated heterocycles. The Labute approximate surface area is 220 Å². The first-order chi connectivity index (χ1) is 17.4. The van der Waals surface area contributed by atoms with Gasteiger partial charge in [-0.2, -0.15) is 0 Å². The second kappa shape index (κ2) is 13.3. The molecule has 0 unspecified atom stereocenters. The molecule has 0 bridgehead atoms. The summed E-state index contributed by atoms with van der Waals surface area (Å²) in [5.41, 5.74) is 2.13. The Hall–Kier alpha value is -3.90. The fourth-order valence-corrected chi connectivity index (χ4v) is 3.85. The molecule has 5 nitrogen and oxygen atoms in total. The van der Waals surface area contributed by atoms with Crippen molar-refractivity contribution in [2.45, 2.75) is 19.3 Å². The van der Waals surface area contributed by atoms with Crippen LogP contribution in [0.3, 0.4) is 0 Å². The molecule has 0 aliphatic carbocycles. The van der Waals surface area contributed by atoms with Gasteiger partial charge in [-0.1, -0.05) is 53.5 Å². The number of carbonyl (C=O) groups is 2. The predicted octanol–water partition coefficient (Wildman–Crippen LogP) is 6.70. The number of ether oxygens (including phenoxy) is 2. The van der Waals surface area contributed by atoms with Crippen LogP contribution in [0.25, 0.3) is 0 Å². The van der Waals surface area contributed by atoms with Gasteiger partial charge in [0, 0.05) is 24.4 Å². The van der Waals surface area contributed by atoms with Crippen molar-refractivity contribution in [2.24, 2.45) is 5.92 Å². The van der Waals surface area contributed by atoms with E-state index in [1.807, 2.05) is 18.2 Å². The minimum Gasteiger partial charge on any atom is -0.462 e. The van der Waals surface area contributed by atoms with Crippen LogP contribution in [0.2, 0.25) is 10.0 Å². The summed E-state index contributed by atoms with van der Waals surface area (Å²) in [7, 11) is 0. The molecule has 1 N–H and O–H groups in total. The van der Waals surface area contributed by atoms with Gasteiger partial charge in [-0.05, 0) is 42.0 Å². The monoisotopic (exact) mass is 519 g/mol. The van der Waals surface area contributed by atoms with Crippen molar-refractivity contribution >= 4 is 46.5 Å². The lowest BCUT2D eigenvalue weighted by atomic mass is 10.0. The van der Waals surface area contributed by atoms with E-state index in [9.17, 15) is 9.59 Å². The highest BCUT2D eigenvalue weighted by Gasteiger charge is 2.16. The van der Waals surface area contributed by atoms with Crippen LogP contribution in [0, 0.1) is 30.6 Å². The second-order valence-corrected chi connectivity index (χ2v) is 8.65. The highest BCUT2D eigenvalue weighted by molar-refractivity contribution is 6.39. The third-order valence-electron chi connectivity index (χ3n) is 5.14. The van der Waals surface area contributed by atoms with Gasteiger partial charge in [-0.15, -0.1) is 24.7 Å². The lowest BCUT2D eigenvalue weighted by Gasteiger charge is -2.14. The molecule has 0 aliphatic rings. The molecule has 3 aromatic rings. The lowest BCUT2D eigenvalue weighted by molar-refractivity contribution is -0.133. The molecule has 0 atom stereocenters. The van der Waals surface area contributed by atoms with E-state index >= 15 is 0 Å². The molecule has 0 saturated carbocycles. The first-order valence-electron chi connectivity index (χ1n) is 11.0. The molecule has 3 rings (SSSR count). The summed E-state index contributed by atoms with van der Waals surface area (Å²) in [6.07, 6.45) is 11.5. The Balaban J connectivity index is 1.65. The average molecular weight is 520 g/mol. The molecule has 0 aliphatic heterocycles. The van der Waals surface area contributed by atoms with Crippen LogP contribution in [-0.4, -0.2) is 18.5 Å². The number of para-hydroxylation sites is 2. The molecule has 0 fully saturated rings. The van der Waals surface area contributed by atoms with Gasteiger partial charge in [0.1, 0.15) is 5.75 Å². The molecule has 36 heavy (non-hydrogen) atoms. The molecular weight excluding hydrogens is 497 g/mol. The number of nitrogens with one attached hydrogen (secondary N) is 1. The zero-order chi connectivity index (χ0) is 25.9. The van der Waals surface area contributed by atoms with Gasteiger partial charge in [0.2, 0.25) is 0 Å². The van der Waals surface area contributed by atoms with E-state index in [1.54, 1.807) is 42.5 Å². The van der Waals surface area contributed by atoms with E-state index in [-0.39, 0.29) is 30.3 Å². The van der Waals surface area contributed by atoms with Crippen molar-refractivity contribution in [3.8, 4) is 30.4 Å². The predicted molar refractivity (Wildman–Crippen MR) is 143 cm³/mol. The van der Waals surface area contributed by atoms with Crippen LogP contribution >= 0.6 is 23.2 Å². The Morgan fingerprint density at radius 3 is 2.28 bits per heavy atom. The molecule has 0 radical (unpaired) electrons. The first kappa shape index (κ1) is 26.7. The maximum absolute atomic E-state index is 12.7. The summed E-state index contributed by atoms with van der Waals surface area (Å²) in [4.78, 5) is 25.2. The molecule has 0 spiro atoms. The van der Waals surface area contributed by atoms with Crippen molar-refractivity contribution in [1.29, 1.82) is 0 Å². The smallest absolute Gasteiger partial charge is 0.338 e. The summed E-state index contributed by atoms with van der Waals surface area (Å²) in [5, 5.41) is 4.09. The van der Waals surface area contributed by atoms with Gasteiger partial charge in [0.25, 0.3) is 0 Å². The highest BCUT2D eigenvalue weighted by atomic mass is 35.5. The summed E-state index contributed by atoms with van der Waals surface area (Å²) in [6, 6.07) is 18.6. The van der Waals surface area contributed by atoms with E-state index in [4.69, 9.17) is 45.5 Å². The Bertz CT molecular complexity index is 1290. The van der Waals surface area contributed by atoms with Crippen molar-refractivity contribution in [1.82, 2.24) is 0 Å². The number of anilines is 2. The Morgan fingerprint density at radius 1 is 0.917 bits per heavy atom. The highest BCUT2D eigenvalue weighted by Crippen LogP contribution is 2.33. The van der Waals surface area contributed by atoms with E-state index in [0.29, 0.717) is 39.8 Å². The third kappa shape index (κ3) is 7.55. The van der Waals surface area contributed by atoms with Crippen LogP contribution < -0.4 is 10.1 Å². The normalized spacial score (nSPS) is 10.2. The molecule has 0 heterocycles. The maximum atomic E-state index is 12.7. The minimum atomic E-state index is -0.557. The summed E-state index contributed by atoms with van der Waals surface area (Å²) >= 11 is 12.5. The zero-order valence-electron chi connectivity index (χ0n) is 19.3. The maximum Gasteiger partial charge on any atom is 0.338 e. The van der Waals surface area contributed by atoms with Gasteiger partial charge < -0.3 is 14.8 Å². The summed E-state index contributed by atoms with van der Waals surface area (Å²) in [5.74, 6) is 4.10. The number of carbonyl (C=O) groups excluding carboxylic acids is 2. The quantitative estimate of drug-likeness (QED) is 0.183. The summed E-state index contributed by atoms with van der Waals surface area (Å²) in [6.45, 7) is 0.108. The van der Waals surface area contributed by atoms with Crippen LogP contribution in [0.5, 0.6) is 5.75 Å². The number of terminal acetylenes is 2. The number of benzene rings is 3. The minimum absolute atomic E-state index is 0.0280. The largest absolute Gasteiger partial charge is 0.462 e. The van der Waals surface area contributed by atoms with Crippen LogP contribution in [0.4, 0.5) is 11.4 Å². The van der Waals surface area contributed by atoms with Gasteiger partial charge in [-0.25, -0.2) is 4.79 Å². The van der Waals surface area contributed by atoms with Gasteiger partial charge in [0.05, 0.1) is 34.3 Å². The van der Waals surface area contributed by atoms with E-state index in [1.165, 1.54) is 6.07 Å². The number of rotatable bonds is 10. The molecular formula is C29H23Cl2NO4. The fraction of sp³-hybridized carbons (Fsp3) is 0.172. The van der Waals surface area contributed by atoms with Gasteiger partial charge in [-0.3, -0.25) is 4.79 Å². The Morgan fingerprint density at radius 2 is 1.58 bits per heavy atom. The fourth-order valence-electron chi connectivity index (χ4n) is 3.36. The first-order valence-corrected chi connectivity index (χ1v) is 11.8. The van der Waals surface area contributed by atoms with Gasteiger partial charge >= 0.3 is 11.9 Å². The SMILES string of the molecule is C#CCC(CC#C)COC(=O)c1cccc(OC(=O)Cc2ccccc2Nc2c(Cl)cccc2Cl)c1. The van der Waals surface area contributed by atoms with Gasteiger partial charge in [0.15, 0.2) is 0 Å². The topological polar surface area (TPSA) is 64.6 Å². The number of hydrogen-bond acceptors (Lipinski definition) is 5. The van der Waals surface area contributed by atoms with E-state index in [0.717, 1.165) is 0 Å². The average Bonchev–Trinajstić information content (AvgIpc) is 2.86. The van der Waals surface area contributed by atoms with Crippen LogP contribution in [0.15, 0.2) is 66.7 Å². The van der Waals surface area contributed by atoms with E-state index in [2.05, 4.69) is 17.2 Å². The van der Waals surface area contributed by atoms with E-state index < -0.39 is 11.9 Å². The number of halogens is 2. The zero-order valence-corrected chi connectivity index (χ0v) is 20.8.